The van der Waals surface area contributed by atoms with Crippen molar-refractivity contribution < 1.29 is 27.6 Å². The molecule has 0 bridgehead atoms. The number of fused-ring (bicyclic) bond motifs is 1. The zero-order valence-corrected chi connectivity index (χ0v) is 16.8. The highest BCUT2D eigenvalue weighted by atomic mass is 19.4. The van der Waals surface area contributed by atoms with E-state index in [0.717, 1.165) is 17.7 Å². The normalized spacial score (nSPS) is 15.9. The predicted octanol–water partition coefficient (Wildman–Crippen LogP) is 2.96. The Balaban J connectivity index is 1.60. The number of halogens is 3. The molecule has 32 heavy (non-hydrogen) atoms. The lowest BCUT2D eigenvalue weighted by atomic mass is 9.71. The Bertz CT molecular complexity index is 1140. The molecule has 2 heterocycles. The van der Waals surface area contributed by atoms with Gasteiger partial charge in [-0.15, -0.1) is 0 Å². The second kappa shape index (κ2) is 8.64. The van der Waals surface area contributed by atoms with Crippen molar-refractivity contribution in [1.82, 2.24) is 4.98 Å². The van der Waals surface area contributed by atoms with Gasteiger partial charge in [-0.05, 0) is 46.9 Å². The van der Waals surface area contributed by atoms with E-state index in [1.807, 2.05) is 6.07 Å². The fraction of sp³-hybridized carbons (Fsp3) is 0.182. The molecule has 6 nitrogen and oxygen atoms in total. The molecule has 0 aliphatic carbocycles. The van der Waals surface area contributed by atoms with Crippen molar-refractivity contribution in [2.75, 3.05) is 0 Å². The number of nitrogen functional groups attached to an aromatic ring is 1. The predicted molar refractivity (Wildman–Crippen MR) is 113 cm³/mol. The topological polar surface area (TPSA) is 101 Å². The summed E-state index contributed by atoms with van der Waals surface area (Å²) < 4.78 is 50.5. The summed E-state index contributed by atoms with van der Waals surface area (Å²) in [7, 11) is -1.50. The van der Waals surface area contributed by atoms with E-state index in [1.165, 1.54) is 6.07 Å². The van der Waals surface area contributed by atoms with E-state index in [0.29, 0.717) is 22.4 Å². The maximum atomic E-state index is 13.0. The van der Waals surface area contributed by atoms with Crippen molar-refractivity contribution in [2.24, 2.45) is 5.73 Å². The molecular formula is C22H19BF3N3O3. The molecule has 10 heteroatoms. The van der Waals surface area contributed by atoms with Gasteiger partial charge in [-0.25, -0.2) is 0 Å². The molecular weight excluding hydrogens is 422 g/mol. The number of ether oxygens (including phenoxy) is 1. The maximum Gasteiger partial charge on any atom is 0.491 e. The Labute approximate surface area is 182 Å². The van der Waals surface area contributed by atoms with Gasteiger partial charge in [-0.2, -0.15) is 13.2 Å². The molecule has 1 atom stereocenters. The Morgan fingerprint density at radius 3 is 2.75 bits per heavy atom. The van der Waals surface area contributed by atoms with Gasteiger partial charge >= 0.3 is 13.3 Å². The van der Waals surface area contributed by atoms with Crippen LogP contribution in [0, 0.1) is 5.41 Å². The van der Waals surface area contributed by atoms with E-state index in [1.54, 1.807) is 36.7 Å². The molecule has 1 aliphatic rings. The van der Waals surface area contributed by atoms with Crippen LogP contribution in [-0.4, -0.2) is 23.0 Å². The van der Waals surface area contributed by atoms with Crippen LogP contribution >= 0.6 is 0 Å². The molecule has 1 aliphatic heterocycles. The number of aromatic nitrogens is 1. The van der Waals surface area contributed by atoms with E-state index < -0.39 is 25.0 Å². The highest BCUT2D eigenvalue weighted by Gasteiger charge is 2.36. The summed E-state index contributed by atoms with van der Waals surface area (Å²) in [6, 6.07) is 11.9. The number of pyridine rings is 1. The Kier molecular flexibility index (Phi) is 5.90. The van der Waals surface area contributed by atoms with Crippen molar-refractivity contribution in [2.45, 2.75) is 25.3 Å². The summed E-state index contributed by atoms with van der Waals surface area (Å²) in [5.74, 6) is 0.183. The van der Waals surface area contributed by atoms with E-state index in [4.69, 9.17) is 20.5 Å². The number of nitrogens with one attached hydrogen (secondary N) is 1. The standard InChI is InChI=1S/C22H19BF3N3O3/c24-22(25,26)16-5-3-14-8-19(32-23(30)18(14)10-16)15-4-6-17(21(27)28)20(9-15)31-12-13-2-1-7-29-11-13/h1-7,9-11,19,30H,8,12H2,(H3,27,28). The summed E-state index contributed by atoms with van der Waals surface area (Å²) in [5, 5.41) is 18.2. The number of nitrogens with zero attached hydrogens (tertiary/aromatic N) is 1. The van der Waals surface area contributed by atoms with Gasteiger partial charge in [0.1, 0.15) is 18.2 Å². The van der Waals surface area contributed by atoms with Gasteiger partial charge < -0.3 is 20.1 Å². The monoisotopic (exact) mass is 441 g/mol. The van der Waals surface area contributed by atoms with Crippen LogP contribution in [0.4, 0.5) is 13.2 Å². The fourth-order valence-electron chi connectivity index (χ4n) is 3.59. The van der Waals surface area contributed by atoms with E-state index in [-0.39, 0.29) is 24.3 Å². The Morgan fingerprint density at radius 2 is 2.06 bits per heavy atom. The molecule has 4 rings (SSSR count). The van der Waals surface area contributed by atoms with Gasteiger partial charge in [-0.1, -0.05) is 18.2 Å². The van der Waals surface area contributed by atoms with Crippen LogP contribution in [0.15, 0.2) is 60.9 Å². The lowest BCUT2D eigenvalue weighted by Gasteiger charge is -2.29. The summed E-state index contributed by atoms with van der Waals surface area (Å²) in [4.78, 5) is 4.03. The lowest BCUT2D eigenvalue weighted by molar-refractivity contribution is -0.137. The minimum atomic E-state index is -4.51. The van der Waals surface area contributed by atoms with Crippen LogP contribution in [0.5, 0.6) is 5.75 Å². The maximum absolute atomic E-state index is 13.0. The second-order valence-electron chi connectivity index (χ2n) is 7.41. The van der Waals surface area contributed by atoms with E-state index in [9.17, 15) is 18.2 Å². The van der Waals surface area contributed by atoms with Crippen LogP contribution in [0.25, 0.3) is 0 Å². The van der Waals surface area contributed by atoms with Gasteiger partial charge in [0.05, 0.1) is 17.2 Å². The molecule has 0 amide bonds. The third kappa shape index (κ3) is 4.61. The average Bonchev–Trinajstić information content (AvgIpc) is 2.77. The third-order valence-electron chi connectivity index (χ3n) is 5.22. The number of hydrogen-bond acceptors (Lipinski definition) is 5. The minimum absolute atomic E-state index is 0.101. The molecule has 2 aromatic carbocycles. The SMILES string of the molecule is N=C(N)c1ccc(C2Cc3ccc(C(F)(F)F)cc3B(O)O2)cc1OCc1cccnc1. The summed E-state index contributed by atoms with van der Waals surface area (Å²) in [6.07, 6.45) is -1.55. The van der Waals surface area contributed by atoms with Gasteiger partial charge in [-0.3, -0.25) is 10.4 Å². The highest BCUT2D eigenvalue weighted by Crippen LogP contribution is 2.33. The zero-order valence-electron chi connectivity index (χ0n) is 16.8. The third-order valence-corrected chi connectivity index (χ3v) is 5.22. The number of benzene rings is 2. The van der Waals surface area contributed by atoms with Gasteiger partial charge in [0.15, 0.2) is 0 Å². The number of amidine groups is 1. The molecule has 0 saturated carbocycles. The van der Waals surface area contributed by atoms with Crippen molar-refractivity contribution in [1.29, 1.82) is 5.41 Å². The first kappa shape index (κ1) is 21.9. The van der Waals surface area contributed by atoms with Crippen molar-refractivity contribution in [3.05, 3.63) is 88.7 Å². The van der Waals surface area contributed by atoms with E-state index in [2.05, 4.69) is 4.98 Å². The van der Waals surface area contributed by atoms with Crippen LogP contribution < -0.4 is 15.9 Å². The number of nitrogens with two attached hydrogens (primary N) is 1. The van der Waals surface area contributed by atoms with Crippen molar-refractivity contribution in [3.63, 3.8) is 0 Å². The first-order valence-electron chi connectivity index (χ1n) is 9.76. The first-order valence-corrected chi connectivity index (χ1v) is 9.76. The van der Waals surface area contributed by atoms with Crippen LogP contribution in [0.2, 0.25) is 0 Å². The molecule has 0 radical (unpaired) electrons. The second-order valence-corrected chi connectivity index (χ2v) is 7.41. The van der Waals surface area contributed by atoms with Gasteiger partial charge in [0.25, 0.3) is 0 Å². The largest absolute Gasteiger partial charge is 0.491 e. The van der Waals surface area contributed by atoms with E-state index >= 15 is 0 Å². The molecule has 164 valence electrons. The molecule has 0 saturated heterocycles. The van der Waals surface area contributed by atoms with Gasteiger partial charge in [0, 0.05) is 24.4 Å². The Hall–Kier alpha value is -3.37. The van der Waals surface area contributed by atoms with Gasteiger partial charge in [0.2, 0.25) is 0 Å². The molecule has 0 fully saturated rings. The minimum Gasteiger partial charge on any atom is -0.488 e. The number of hydrogen-bond donors (Lipinski definition) is 3. The smallest absolute Gasteiger partial charge is 0.488 e. The van der Waals surface area contributed by atoms with Crippen LogP contribution in [0.1, 0.15) is 33.9 Å². The highest BCUT2D eigenvalue weighted by molar-refractivity contribution is 6.61. The number of rotatable bonds is 5. The molecule has 1 unspecified atom stereocenters. The van der Waals surface area contributed by atoms with Crippen molar-refractivity contribution in [3.8, 4) is 5.75 Å². The summed E-state index contributed by atoms with van der Waals surface area (Å²) >= 11 is 0. The summed E-state index contributed by atoms with van der Waals surface area (Å²) in [6.45, 7) is 0.203. The fourth-order valence-corrected chi connectivity index (χ4v) is 3.59. The quantitative estimate of drug-likeness (QED) is 0.321. The first-order chi connectivity index (χ1) is 15.2. The zero-order chi connectivity index (χ0) is 22.9. The molecule has 3 aromatic rings. The lowest BCUT2D eigenvalue weighted by Crippen LogP contribution is -2.43. The van der Waals surface area contributed by atoms with Crippen LogP contribution in [-0.2, 0) is 23.9 Å². The Morgan fingerprint density at radius 1 is 1.25 bits per heavy atom. The summed E-state index contributed by atoms with van der Waals surface area (Å²) in [5.41, 5.74) is 7.36. The molecule has 1 aromatic heterocycles. The molecule has 4 N–H and O–H groups in total. The van der Waals surface area contributed by atoms with Crippen molar-refractivity contribution >= 4 is 18.4 Å². The number of alkyl halides is 3. The average molecular weight is 441 g/mol. The van der Waals surface area contributed by atoms with Crippen LogP contribution in [0.3, 0.4) is 0 Å². The molecule has 0 spiro atoms.